The first kappa shape index (κ1) is 18.4. The Bertz CT molecular complexity index is 975. The van der Waals surface area contributed by atoms with Crippen LogP contribution in [0.1, 0.15) is 27.9 Å². The summed E-state index contributed by atoms with van der Waals surface area (Å²) in [6.07, 6.45) is 0. The van der Waals surface area contributed by atoms with Crippen molar-refractivity contribution < 1.29 is 0 Å². The molecule has 3 aromatic rings. The lowest BCUT2D eigenvalue weighted by molar-refractivity contribution is 0.849. The van der Waals surface area contributed by atoms with Gasteiger partial charge in [0.2, 0.25) is 5.95 Å². The number of hydrogen-bond acceptors (Lipinski definition) is 4. The number of hydrogen-bond donors (Lipinski definition) is 2. The van der Waals surface area contributed by atoms with Crippen molar-refractivity contribution in [1.82, 2.24) is 15.3 Å². The largest absolute Gasteiger partial charge is 0.358 e. The van der Waals surface area contributed by atoms with Gasteiger partial charge in [0.1, 0.15) is 5.82 Å². The van der Waals surface area contributed by atoms with Gasteiger partial charge < -0.3 is 15.5 Å². The van der Waals surface area contributed by atoms with E-state index < -0.39 is 0 Å². The number of thiocarbonyl (C=S) groups is 1. The van der Waals surface area contributed by atoms with Crippen LogP contribution in [0.3, 0.4) is 0 Å². The summed E-state index contributed by atoms with van der Waals surface area (Å²) in [5.74, 6) is 1.43. The van der Waals surface area contributed by atoms with Crippen LogP contribution >= 0.6 is 12.2 Å². The van der Waals surface area contributed by atoms with Crippen LogP contribution < -0.4 is 15.5 Å². The van der Waals surface area contributed by atoms with Gasteiger partial charge in [-0.3, -0.25) is 0 Å². The van der Waals surface area contributed by atoms with E-state index in [4.69, 9.17) is 12.2 Å². The Morgan fingerprint density at radius 1 is 1.00 bits per heavy atom. The Hall–Kier alpha value is -2.99. The average molecular weight is 390 g/mol. The van der Waals surface area contributed by atoms with Crippen LogP contribution in [0.15, 0.2) is 54.6 Å². The highest BCUT2D eigenvalue weighted by atomic mass is 32.1. The highest BCUT2D eigenvalue weighted by Crippen LogP contribution is 2.27. The van der Waals surface area contributed by atoms with Gasteiger partial charge in [-0.15, -0.1) is 0 Å². The first-order chi connectivity index (χ1) is 13.6. The Kier molecular flexibility index (Phi) is 5.21. The normalized spacial score (nSPS) is 12.6. The van der Waals surface area contributed by atoms with Gasteiger partial charge in [-0.2, -0.15) is 4.98 Å². The molecule has 142 valence electrons. The van der Waals surface area contributed by atoms with E-state index in [0.717, 1.165) is 24.6 Å². The molecular weight excluding hydrogens is 366 g/mol. The van der Waals surface area contributed by atoms with Crippen LogP contribution in [0.5, 0.6) is 0 Å². The van der Waals surface area contributed by atoms with Gasteiger partial charge in [-0.25, -0.2) is 4.98 Å². The molecule has 2 aromatic carbocycles. The molecule has 1 aliphatic rings. The number of aryl methyl sites for hydroxylation is 2. The van der Waals surface area contributed by atoms with Crippen LogP contribution in [0, 0.1) is 13.8 Å². The number of benzene rings is 2. The molecule has 4 rings (SSSR count). The van der Waals surface area contributed by atoms with Crippen LogP contribution in [-0.4, -0.2) is 15.1 Å². The zero-order valence-corrected chi connectivity index (χ0v) is 16.9. The first-order valence-electron chi connectivity index (χ1n) is 9.34. The topological polar surface area (TPSA) is 53.1 Å². The minimum Gasteiger partial charge on any atom is -0.358 e. The van der Waals surface area contributed by atoms with Crippen molar-refractivity contribution >= 4 is 29.1 Å². The van der Waals surface area contributed by atoms with Gasteiger partial charge in [0, 0.05) is 31.4 Å². The summed E-state index contributed by atoms with van der Waals surface area (Å²) in [6, 6.07) is 18.9. The second-order valence-electron chi connectivity index (χ2n) is 7.11. The summed E-state index contributed by atoms with van der Waals surface area (Å²) < 4.78 is 0. The van der Waals surface area contributed by atoms with Crippen molar-refractivity contribution in [2.75, 3.05) is 10.2 Å². The molecule has 0 unspecified atom stereocenters. The van der Waals surface area contributed by atoms with Crippen LogP contribution in [0.2, 0.25) is 0 Å². The fourth-order valence-corrected chi connectivity index (χ4v) is 3.46. The lowest BCUT2D eigenvalue weighted by Crippen LogP contribution is -2.29. The van der Waals surface area contributed by atoms with Gasteiger partial charge in [0.25, 0.3) is 0 Å². The molecule has 0 atom stereocenters. The van der Waals surface area contributed by atoms with E-state index in [-0.39, 0.29) is 0 Å². The number of anilines is 2. The number of nitrogens with zero attached hydrogens (tertiary/aromatic N) is 3. The van der Waals surface area contributed by atoms with E-state index in [1.807, 2.05) is 13.0 Å². The third kappa shape index (κ3) is 4.28. The molecule has 5 nitrogen and oxygen atoms in total. The quantitative estimate of drug-likeness (QED) is 0.655. The predicted octanol–water partition coefficient (Wildman–Crippen LogP) is 4.10. The van der Waals surface area contributed by atoms with E-state index in [9.17, 15) is 0 Å². The zero-order valence-electron chi connectivity index (χ0n) is 16.1. The highest BCUT2D eigenvalue weighted by Gasteiger charge is 2.20. The van der Waals surface area contributed by atoms with Crippen molar-refractivity contribution in [2.45, 2.75) is 33.5 Å². The maximum atomic E-state index is 5.42. The molecule has 1 aliphatic heterocycles. The second-order valence-corrected chi connectivity index (χ2v) is 7.52. The average Bonchev–Trinajstić information content (AvgIpc) is 3.11. The molecule has 0 saturated heterocycles. The molecule has 0 bridgehead atoms. The predicted molar refractivity (Wildman–Crippen MR) is 117 cm³/mol. The van der Waals surface area contributed by atoms with Crippen molar-refractivity contribution in [3.8, 4) is 0 Å². The number of rotatable bonds is 4. The molecule has 1 aromatic heterocycles. The van der Waals surface area contributed by atoms with Crippen LogP contribution in [-0.2, 0) is 19.6 Å². The SMILES string of the molecule is Cc1ccc(CNC(=S)Nc2nc(C)cc(N3Cc4ccccc4C3)n2)cc1. The lowest BCUT2D eigenvalue weighted by Gasteiger charge is -2.18. The van der Waals surface area contributed by atoms with E-state index in [1.165, 1.54) is 22.3 Å². The summed E-state index contributed by atoms with van der Waals surface area (Å²) in [6.45, 7) is 6.44. The monoisotopic (exact) mass is 389 g/mol. The van der Waals surface area contributed by atoms with Crippen molar-refractivity contribution in [3.63, 3.8) is 0 Å². The second kappa shape index (κ2) is 7.94. The fourth-order valence-electron chi connectivity index (χ4n) is 3.30. The summed E-state index contributed by atoms with van der Waals surface area (Å²) in [5, 5.41) is 6.85. The van der Waals surface area contributed by atoms with Gasteiger partial charge in [0.15, 0.2) is 5.11 Å². The van der Waals surface area contributed by atoms with E-state index in [2.05, 4.69) is 81.0 Å². The maximum absolute atomic E-state index is 5.42. The minimum atomic E-state index is 0.516. The van der Waals surface area contributed by atoms with Gasteiger partial charge >= 0.3 is 0 Å². The Morgan fingerprint density at radius 2 is 1.68 bits per heavy atom. The lowest BCUT2D eigenvalue weighted by atomic mass is 10.1. The standard InChI is InChI=1S/C22H23N5S/c1-15-7-9-17(10-8-15)12-23-22(28)26-21-24-16(2)11-20(25-21)27-13-18-5-3-4-6-19(18)14-27/h3-11H,12-14H2,1-2H3,(H2,23,24,25,26,28). The third-order valence-electron chi connectivity index (χ3n) is 4.80. The van der Waals surface area contributed by atoms with Crippen molar-refractivity contribution in [3.05, 3.63) is 82.5 Å². The minimum absolute atomic E-state index is 0.516. The van der Waals surface area contributed by atoms with Crippen molar-refractivity contribution in [1.29, 1.82) is 0 Å². The molecule has 6 heteroatoms. The number of fused-ring (bicyclic) bond motifs is 1. The molecule has 0 radical (unpaired) electrons. The van der Waals surface area contributed by atoms with E-state index in [1.54, 1.807) is 0 Å². The smallest absolute Gasteiger partial charge is 0.231 e. The molecule has 28 heavy (non-hydrogen) atoms. The summed E-state index contributed by atoms with van der Waals surface area (Å²) in [5.41, 5.74) is 6.03. The summed E-state index contributed by atoms with van der Waals surface area (Å²) >= 11 is 5.42. The Labute approximate surface area is 170 Å². The molecular formula is C22H23N5S. The number of aromatic nitrogens is 2. The number of nitrogens with one attached hydrogen (secondary N) is 2. The Balaban J connectivity index is 1.41. The van der Waals surface area contributed by atoms with Gasteiger partial charge in [-0.1, -0.05) is 54.1 Å². The molecule has 0 fully saturated rings. The van der Waals surface area contributed by atoms with E-state index >= 15 is 0 Å². The highest BCUT2D eigenvalue weighted by molar-refractivity contribution is 7.80. The molecule has 0 aliphatic carbocycles. The van der Waals surface area contributed by atoms with Gasteiger partial charge in [0.05, 0.1) is 0 Å². The Morgan fingerprint density at radius 3 is 2.36 bits per heavy atom. The molecule has 2 heterocycles. The van der Waals surface area contributed by atoms with Crippen LogP contribution in [0.25, 0.3) is 0 Å². The third-order valence-corrected chi connectivity index (χ3v) is 5.05. The maximum Gasteiger partial charge on any atom is 0.231 e. The fraction of sp³-hybridized carbons (Fsp3) is 0.227. The molecule has 0 amide bonds. The van der Waals surface area contributed by atoms with Crippen molar-refractivity contribution in [2.24, 2.45) is 0 Å². The zero-order chi connectivity index (χ0) is 19.5. The summed E-state index contributed by atoms with van der Waals surface area (Å²) in [4.78, 5) is 11.4. The first-order valence-corrected chi connectivity index (χ1v) is 9.75. The summed E-state index contributed by atoms with van der Waals surface area (Å²) in [7, 11) is 0. The van der Waals surface area contributed by atoms with E-state index in [0.29, 0.717) is 17.6 Å². The molecule has 0 spiro atoms. The van der Waals surface area contributed by atoms with Crippen LogP contribution in [0.4, 0.5) is 11.8 Å². The molecule has 0 saturated carbocycles. The van der Waals surface area contributed by atoms with Gasteiger partial charge in [-0.05, 0) is 42.8 Å². The molecule has 2 N–H and O–H groups in total.